The van der Waals surface area contributed by atoms with Gasteiger partial charge in [-0.15, -0.1) is 0 Å². The van der Waals surface area contributed by atoms with E-state index < -0.39 is 0 Å². The minimum atomic E-state index is -0.251. The van der Waals surface area contributed by atoms with Crippen LogP contribution in [0.25, 0.3) is 22.0 Å². The van der Waals surface area contributed by atoms with Crippen LogP contribution < -0.4 is 4.90 Å². The summed E-state index contributed by atoms with van der Waals surface area (Å²) in [5, 5.41) is 2.09. The zero-order chi connectivity index (χ0) is 21.2. The molecule has 156 valence electrons. The first-order chi connectivity index (χ1) is 15.2. The number of anilines is 1. The Balaban J connectivity index is 1.45. The van der Waals surface area contributed by atoms with Crippen LogP contribution in [-0.2, 0) is 6.42 Å². The number of carbonyl (C=O) groups excluding carboxylic acids is 1. The van der Waals surface area contributed by atoms with E-state index in [1.807, 2.05) is 24.3 Å². The molecule has 0 saturated carbocycles. The Bertz CT molecular complexity index is 1220. The molecule has 31 heavy (non-hydrogen) atoms. The summed E-state index contributed by atoms with van der Waals surface area (Å²) >= 11 is 0. The number of aromatic amines is 1. The van der Waals surface area contributed by atoms with Gasteiger partial charge < -0.3 is 9.88 Å². The van der Waals surface area contributed by atoms with E-state index in [2.05, 4.69) is 25.9 Å². The highest BCUT2D eigenvalue weighted by molar-refractivity contribution is 5.95. The maximum atomic E-state index is 13.2. The molecule has 6 heteroatoms. The molecule has 2 aromatic heterocycles. The van der Waals surface area contributed by atoms with Crippen molar-refractivity contribution < 1.29 is 9.18 Å². The Morgan fingerprint density at radius 3 is 2.81 bits per heavy atom. The van der Waals surface area contributed by atoms with E-state index in [0.717, 1.165) is 72.2 Å². The molecule has 5 nitrogen and oxygen atoms in total. The largest absolute Gasteiger partial charge is 0.353 e. The number of hydrogen-bond donors (Lipinski definition) is 1. The number of nitrogens with zero attached hydrogens (tertiary/aromatic N) is 3. The third-order valence-corrected chi connectivity index (χ3v) is 5.97. The van der Waals surface area contributed by atoms with Gasteiger partial charge in [0.15, 0.2) is 6.29 Å². The standard InChI is InChI=1S/C25H23FN4O/c26-19-10-8-17(9-11-19)23-15-27-24(29-23)14-21-6-3-4-12-30(21)25-22-7-2-1-5-18(22)13-20(16-31)28-25/h1-2,5,7-11,13,15-16,21H,3-4,6,12,14H2,(H,27,29). The van der Waals surface area contributed by atoms with Gasteiger partial charge in [0.05, 0.1) is 11.9 Å². The Morgan fingerprint density at radius 1 is 1.13 bits per heavy atom. The summed E-state index contributed by atoms with van der Waals surface area (Å²) in [5.74, 6) is 1.51. The Kier molecular flexibility index (Phi) is 5.20. The van der Waals surface area contributed by atoms with Gasteiger partial charge in [-0.05, 0) is 60.5 Å². The molecule has 1 unspecified atom stereocenters. The first-order valence-corrected chi connectivity index (χ1v) is 10.6. The zero-order valence-corrected chi connectivity index (χ0v) is 17.1. The fourth-order valence-corrected chi connectivity index (χ4v) is 4.44. The highest BCUT2D eigenvalue weighted by atomic mass is 19.1. The molecule has 1 N–H and O–H groups in total. The first-order valence-electron chi connectivity index (χ1n) is 10.6. The molecule has 1 aliphatic heterocycles. The zero-order valence-electron chi connectivity index (χ0n) is 17.1. The number of hydrogen-bond acceptors (Lipinski definition) is 4. The van der Waals surface area contributed by atoms with Crippen LogP contribution in [0.2, 0.25) is 0 Å². The molecule has 5 rings (SSSR count). The van der Waals surface area contributed by atoms with Crippen molar-refractivity contribution in [3.8, 4) is 11.3 Å². The number of carbonyl (C=O) groups is 1. The van der Waals surface area contributed by atoms with Crippen molar-refractivity contribution in [2.75, 3.05) is 11.4 Å². The number of H-pyrrole nitrogens is 1. The molecule has 1 fully saturated rings. The van der Waals surface area contributed by atoms with Crippen molar-refractivity contribution in [3.05, 3.63) is 78.1 Å². The van der Waals surface area contributed by atoms with Gasteiger partial charge in [0.1, 0.15) is 23.2 Å². The predicted molar refractivity (Wildman–Crippen MR) is 120 cm³/mol. The van der Waals surface area contributed by atoms with Crippen LogP contribution in [0.15, 0.2) is 60.8 Å². The van der Waals surface area contributed by atoms with Crippen LogP contribution in [0.4, 0.5) is 10.2 Å². The van der Waals surface area contributed by atoms with Crippen LogP contribution in [0, 0.1) is 5.82 Å². The van der Waals surface area contributed by atoms with Crippen molar-refractivity contribution in [3.63, 3.8) is 0 Å². The van der Waals surface area contributed by atoms with E-state index >= 15 is 0 Å². The summed E-state index contributed by atoms with van der Waals surface area (Å²) < 4.78 is 13.2. The maximum Gasteiger partial charge on any atom is 0.168 e. The van der Waals surface area contributed by atoms with Gasteiger partial charge in [-0.25, -0.2) is 14.4 Å². The monoisotopic (exact) mass is 414 g/mol. The highest BCUT2D eigenvalue weighted by Gasteiger charge is 2.26. The second-order valence-electron chi connectivity index (χ2n) is 8.01. The number of pyridine rings is 1. The molecule has 0 radical (unpaired) electrons. The second-order valence-corrected chi connectivity index (χ2v) is 8.01. The number of aromatic nitrogens is 3. The minimum Gasteiger partial charge on any atom is -0.353 e. The van der Waals surface area contributed by atoms with Gasteiger partial charge in [-0.3, -0.25) is 4.79 Å². The summed E-state index contributed by atoms with van der Waals surface area (Å²) in [6.45, 7) is 0.898. The van der Waals surface area contributed by atoms with Crippen LogP contribution in [-0.4, -0.2) is 33.8 Å². The average molecular weight is 414 g/mol. The van der Waals surface area contributed by atoms with Gasteiger partial charge >= 0.3 is 0 Å². The van der Waals surface area contributed by atoms with Gasteiger partial charge in [0.2, 0.25) is 0 Å². The third-order valence-electron chi connectivity index (χ3n) is 5.97. The lowest BCUT2D eigenvalue weighted by atomic mass is 9.98. The van der Waals surface area contributed by atoms with Crippen molar-refractivity contribution in [1.82, 2.24) is 15.0 Å². The third kappa shape index (κ3) is 3.93. The molecule has 3 heterocycles. The predicted octanol–water partition coefficient (Wildman–Crippen LogP) is 5.18. The number of piperidine rings is 1. The number of nitrogens with one attached hydrogen (secondary N) is 1. The van der Waals surface area contributed by atoms with Gasteiger partial charge in [-0.1, -0.05) is 24.3 Å². The summed E-state index contributed by atoms with van der Waals surface area (Å²) in [4.78, 5) is 26.5. The molecular formula is C25H23FN4O. The SMILES string of the molecule is O=Cc1cc2ccccc2c(N2CCCCC2Cc2ncc(-c3ccc(F)cc3)[nH]2)n1. The number of halogens is 1. The van der Waals surface area contributed by atoms with Crippen molar-refractivity contribution in [2.45, 2.75) is 31.7 Å². The van der Waals surface area contributed by atoms with Crippen LogP contribution in [0.5, 0.6) is 0 Å². The van der Waals surface area contributed by atoms with Gasteiger partial charge in [0, 0.05) is 24.4 Å². The highest BCUT2D eigenvalue weighted by Crippen LogP contribution is 2.31. The normalized spacial score (nSPS) is 16.5. The number of imidazole rings is 1. The van der Waals surface area contributed by atoms with Crippen molar-refractivity contribution >= 4 is 22.9 Å². The van der Waals surface area contributed by atoms with E-state index in [9.17, 15) is 9.18 Å². The molecule has 4 aromatic rings. The van der Waals surface area contributed by atoms with Crippen molar-refractivity contribution in [1.29, 1.82) is 0 Å². The molecule has 1 atom stereocenters. The molecule has 2 aromatic carbocycles. The van der Waals surface area contributed by atoms with E-state index in [0.29, 0.717) is 5.69 Å². The lowest BCUT2D eigenvalue weighted by molar-refractivity contribution is 0.111. The number of benzene rings is 2. The van der Waals surface area contributed by atoms with Crippen LogP contribution in [0.1, 0.15) is 35.6 Å². The first kappa shape index (κ1) is 19.4. The summed E-state index contributed by atoms with van der Waals surface area (Å²) in [7, 11) is 0. The quantitative estimate of drug-likeness (QED) is 0.457. The van der Waals surface area contributed by atoms with E-state index in [1.54, 1.807) is 18.3 Å². The number of rotatable bonds is 5. The number of aldehydes is 1. The molecule has 0 amide bonds. The average Bonchev–Trinajstić information content (AvgIpc) is 3.27. The molecule has 0 aliphatic carbocycles. The summed E-state index contributed by atoms with van der Waals surface area (Å²) in [6, 6.07) is 16.6. The van der Waals surface area contributed by atoms with E-state index in [-0.39, 0.29) is 11.9 Å². The Morgan fingerprint density at radius 2 is 1.97 bits per heavy atom. The lowest BCUT2D eigenvalue weighted by Gasteiger charge is -2.37. The van der Waals surface area contributed by atoms with E-state index in [1.165, 1.54) is 12.1 Å². The maximum absolute atomic E-state index is 13.2. The molecular weight excluding hydrogens is 391 g/mol. The molecule has 1 aliphatic rings. The summed E-state index contributed by atoms with van der Waals surface area (Å²) in [6.07, 6.45) is 6.65. The topological polar surface area (TPSA) is 61.9 Å². The van der Waals surface area contributed by atoms with Crippen LogP contribution in [0.3, 0.4) is 0 Å². The lowest BCUT2D eigenvalue weighted by Crippen LogP contribution is -2.42. The minimum absolute atomic E-state index is 0.235. The fourth-order valence-electron chi connectivity index (χ4n) is 4.44. The Hall–Kier alpha value is -3.54. The number of fused-ring (bicyclic) bond motifs is 1. The molecule has 1 saturated heterocycles. The smallest absolute Gasteiger partial charge is 0.168 e. The Labute approximate surface area is 180 Å². The second kappa shape index (κ2) is 8.30. The van der Waals surface area contributed by atoms with Crippen LogP contribution >= 0.6 is 0 Å². The van der Waals surface area contributed by atoms with Gasteiger partial charge in [-0.2, -0.15) is 0 Å². The molecule has 0 spiro atoms. The van der Waals surface area contributed by atoms with Crippen molar-refractivity contribution in [2.24, 2.45) is 0 Å². The van der Waals surface area contributed by atoms with Gasteiger partial charge in [0.25, 0.3) is 0 Å². The fraction of sp³-hybridized carbons (Fsp3) is 0.240. The summed E-state index contributed by atoms with van der Waals surface area (Å²) in [5.41, 5.74) is 2.24. The molecule has 0 bridgehead atoms. The van der Waals surface area contributed by atoms with E-state index in [4.69, 9.17) is 0 Å².